The van der Waals surface area contributed by atoms with Crippen molar-refractivity contribution >= 4 is 15.9 Å². The molecular formula is C20H24N2O4S. The minimum Gasteiger partial charge on any atom is -0.467 e. The lowest BCUT2D eigenvalue weighted by molar-refractivity contribution is 0.0648. The largest absolute Gasteiger partial charge is 0.467 e. The minimum atomic E-state index is -3.59. The SMILES string of the molecule is O=C(c1cccc(S(=O)(=O)NC2CC2)c1)N(Cc1ccco1)C1CCCC1. The first-order valence-electron chi connectivity index (χ1n) is 9.49. The Labute approximate surface area is 159 Å². The number of furan rings is 1. The Hall–Kier alpha value is -2.12. The standard InChI is InChI=1S/C20H24N2O4S/c23-20(22(17-6-1-2-7-17)14-18-8-4-12-26-18)15-5-3-9-19(13-15)27(24,25)21-16-10-11-16/h3-5,8-9,12-13,16-17,21H,1-2,6-7,10-11,14H2. The van der Waals surface area contributed by atoms with Crippen LogP contribution in [0, 0.1) is 0 Å². The van der Waals surface area contributed by atoms with Crippen LogP contribution in [0.5, 0.6) is 0 Å². The Bertz CT molecular complexity index is 898. The highest BCUT2D eigenvalue weighted by molar-refractivity contribution is 7.89. The summed E-state index contributed by atoms with van der Waals surface area (Å²) in [5.74, 6) is 0.580. The smallest absolute Gasteiger partial charge is 0.254 e. The molecule has 2 aliphatic carbocycles. The number of benzene rings is 1. The Morgan fingerprint density at radius 3 is 2.56 bits per heavy atom. The zero-order valence-electron chi connectivity index (χ0n) is 15.1. The monoisotopic (exact) mass is 388 g/mol. The van der Waals surface area contributed by atoms with Crippen LogP contribution in [0.2, 0.25) is 0 Å². The van der Waals surface area contributed by atoms with E-state index in [-0.39, 0.29) is 22.9 Å². The summed E-state index contributed by atoms with van der Waals surface area (Å²) in [5.41, 5.74) is 0.395. The van der Waals surface area contributed by atoms with Crippen molar-refractivity contribution in [2.24, 2.45) is 0 Å². The highest BCUT2D eigenvalue weighted by atomic mass is 32.2. The normalized spacial score (nSPS) is 17.9. The topological polar surface area (TPSA) is 79.6 Å². The van der Waals surface area contributed by atoms with Gasteiger partial charge in [0.15, 0.2) is 0 Å². The van der Waals surface area contributed by atoms with Gasteiger partial charge in [0.05, 0.1) is 17.7 Å². The third kappa shape index (κ3) is 4.25. The van der Waals surface area contributed by atoms with Crippen LogP contribution in [-0.2, 0) is 16.6 Å². The fourth-order valence-electron chi connectivity index (χ4n) is 3.60. The quantitative estimate of drug-likeness (QED) is 0.789. The molecule has 0 bridgehead atoms. The summed E-state index contributed by atoms with van der Waals surface area (Å²) in [4.78, 5) is 15.2. The number of nitrogens with one attached hydrogen (secondary N) is 1. The van der Waals surface area contributed by atoms with Gasteiger partial charge in [-0.1, -0.05) is 18.9 Å². The highest BCUT2D eigenvalue weighted by Crippen LogP contribution is 2.27. The maximum Gasteiger partial charge on any atom is 0.254 e. The molecule has 0 aliphatic heterocycles. The number of sulfonamides is 1. The van der Waals surface area contributed by atoms with E-state index in [4.69, 9.17) is 4.42 Å². The molecule has 0 saturated heterocycles. The number of hydrogen-bond acceptors (Lipinski definition) is 4. The molecule has 27 heavy (non-hydrogen) atoms. The molecule has 0 radical (unpaired) electrons. The van der Waals surface area contributed by atoms with Gasteiger partial charge in [-0.2, -0.15) is 0 Å². The van der Waals surface area contributed by atoms with Crippen LogP contribution in [0.15, 0.2) is 52.0 Å². The number of nitrogens with zero attached hydrogens (tertiary/aromatic N) is 1. The van der Waals surface area contributed by atoms with Crippen molar-refractivity contribution in [3.05, 3.63) is 54.0 Å². The van der Waals surface area contributed by atoms with Crippen molar-refractivity contribution in [2.75, 3.05) is 0 Å². The zero-order chi connectivity index (χ0) is 18.9. The number of hydrogen-bond donors (Lipinski definition) is 1. The van der Waals surface area contributed by atoms with Crippen LogP contribution in [-0.4, -0.2) is 31.3 Å². The Kier molecular flexibility index (Phi) is 5.06. The number of rotatable bonds is 7. The van der Waals surface area contributed by atoms with E-state index in [0.717, 1.165) is 44.3 Å². The fraction of sp³-hybridized carbons (Fsp3) is 0.450. The van der Waals surface area contributed by atoms with Gasteiger partial charge in [-0.3, -0.25) is 4.79 Å². The summed E-state index contributed by atoms with van der Waals surface area (Å²) in [7, 11) is -3.59. The second kappa shape index (κ2) is 7.48. The highest BCUT2D eigenvalue weighted by Gasteiger charge is 2.30. The van der Waals surface area contributed by atoms with Crippen LogP contribution < -0.4 is 4.72 Å². The first-order chi connectivity index (χ1) is 13.0. The number of carbonyl (C=O) groups excluding carboxylic acids is 1. The molecule has 2 aromatic rings. The van der Waals surface area contributed by atoms with E-state index in [2.05, 4.69) is 4.72 Å². The van der Waals surface area contributed by atoms with Crippen LogP contribution in [0.1, 0.15) is 54.6 Å². The fourth-order valence-corrected chi connectivity index (χ4v) is 4.95. The summed E-state index contributed by atoms with van der Waals surface area (Å²) in [6, 6.07) is 10.2. The van der Waals surface area contributed by atoms with Gasteiger partial charge in [0.25, 0.3) is 5.91 Å². The average Bonchev–Trinajstić information content (AvgIpc) is 3.13. The van der Waals surface area contributed by atoms with Gasteiger partial charge in [0.1, 0.15) is 5.76 Å². The van der Waals surface area contributed by atoms with E-state index in [1.807, 2.05) is 17.0 Å². The van der Waals surface area contributed by atoms with E-state index in [0.29, 0.717) is 12.1 Å². The maximum absolute atomic E-state index is 13.2. The predicted octanol–water partition coefficient (Wildman–Crippen LogP) is 3.31. The number of carbonyl (C=O) groups is 1. The van der Waals surface area contributed by atoms with Crippen LogP contribution in [0.25, 0.3) is 0 Å². The molecule has 0 unspecified atom stereocenters. The van der Waals surface area contributed by atoms with Gasteiger partial charge in [-0.05, 0) is 56.0 Å². The molecule has 6 nitrogen and oxygen atoms in total. The summed E-state index contributed by atoms with van der Waals surface area (Å²) in [5, 5.41) is 0. The van der Waals surface area contributed by atoms with Gasteiger partial charge in [-0.25, -0.2) is 13.1 Å². The Balaban J connectivity index is 1.59. The summed E-state index contributed by atoms with van der Waals surface area (Å²) >= 11 is 0. The first-order valence-corrected chi connectivity index (χ1v) is 11.0. The second-order valence-electron chi connectivity index (χ2n) is 7.37. The van der Waals surface area contributed by atoms with Crippen molar-refractivity contribution < 1.29 is 17.6 Å². The molecular weight excluding hydrogens is 364 g/mol. The summed E-state index contributed by atoms with van der Waals surface area (Å²) in [6.07, 6.45) is 7.48. The number of amides is 1. The predicted molar refractivity (Wildman–Crippen MR) is 101 cm³/mol. The van der Waals surface area contributed by atoms with E-state index in [1.54, 1.807) is 18.4 Å². The molecule has 1 aromatic carbocycles. The minimum absolute atomic E-state index is 0.0308. The zero-order valence-corrected chi connectivity index (χ0v) is 16.0. The average molecular weight is 388 g/mol. The van der Waals surface area contributed by atoms with Gasteiger partial charge >= 0.3 is 0 Å². The lowest BCUT2D eigenvalue weighted by atomic mass is 10.1. The third-order valence-corrected chi connectivity index (χ3v) is 6.74. The molecule has 7 heteroatoms. The van der Waals surface area contributed by atoms with Crippen molar-refractivity contribution in [1.29, 1.82) is 0 Å². The second-order valence-corrected chi connectivity index (χ2v) is 9.09. The molecule has 2 aliphatic rings. The Morgan fingerprint density at radius 2 is 1.89 bits per heavy atom. The lowest BCUT2D eigenvalue weighted by Crippen LogP contribution is -2.38. The molecule has 1 amide bonds. The van der Waals surface area contributed by atoms with E-state index in [1.165, 1.54) is 12.1 Å². The van der Waals surface area contributed by atoms with Crippen molar-refractivity contribution in [1.82, 2.24) is 9.62 Å². The lowest BCUT2D eigenvalue weighted by Gasteiger charge is -2.28. The van der Waals surface area contributed by atoms with Gasteiger partial charge in [0.2, 0.25) is 10.0 Å². The molecule has 0 atom stereocenters. The van der Waals surface area contributed by atoms with Crippen LogP contribution in [0.3, 0.4) is 0 Å². The summed E-state index contributed by atoms with van der Waals surface area (Å²) in [6.45, 7) is 0.397. The van der Waals surface area contributed by atoms with E-state index < -0.39 is 10.0 Å². The maximum atomic E-state index is 13.2. The molecule has 1 N–H and O–H groups in total. The Morgan fingerprint density at radius 1 is 1.11 bits per heavy atom. The molecule has 2 fully saturated rings. The van der Waals surface area contributed by atoms with E-state index in [9.17, 15) is 13.2 Å². The summed E-state index contributed by atoms with van der Waals surface area (Å²) < 4.78 is 33.1. The molecule has 4 rings (SSSR count). The molecule has 144 valence electrons. The van der Waals surface area contributed by atoms with Crippen molar-refractivity contribution in [3.8, 4) is 0 Å². The van der Waals surface area contributed by atoms with Gasteiger partial charge < -0.3 is 9.32 Å². The molecule has 1 aromatic heterocycles. The molecule has 0 spiro atoms. The molecule has 1 heterocycles. The van der Waals surface area contributed by atoms with Gasteiger partial charge in [0, 0.05) is 17.6 Å². The van der Waals surface area contributed by atoms with Crippen LogP contribution in [0.4, 0.5) is 0 Å². The first kappa shape index (κ1) is 18.3. The third-order valence-electron chi connectivity index (χ3n) is 5.22. The van der Waals surface area contributed by atoms with Gasteiger partial charge in [-0.15, -0.1) is 0 Å². The van der Waals surface area contributed by atoms with Crippen molar-refractivity contribution in [3.63, 3.8) is 0 Å². The molecule has 2 saturated carbocycles. The van der Waals surface area contributed by atoms with Crippen LogP contribution >= 0.6 is 0 Å². The van der Waals surface area contributed by atoms with Crippen molar-refractivity contribution in [2.45, 2.75) is 62.0 Å². The van der Waals surface area contributed by atoms with E-state index >= 15 is 0 Å².